The molecule has 0 bridgehead atoms. The number of fused-ring (bicyclic) bond motifs is 1. The fourth-order valence-corrected chi connectivity index (χ4v) is 3.45. The molecule has 0 aliphatic carbocycles. The number of rotatable bonds is 3. The molecule has 20 heavy (non-hydrogen) atoms. The summed E-state index contributed by atoms with van der Waals surface area (Å²) in [6, 6.07) is 15.2. The van der Waals surface area contributed by atoms with E-state index in [0.717, 1.165) is 13.0 Å². The van der Waals surface area contributed by atoms with Gasteiger partial charge in [0.15, 0.2) is 0 Å². The van der Waals surface area contributed by atoms with E-state index in [-0.39, 0.29) is 6.10 Å². The first kappa shape index (κ1) is 13.6. The minimum absolute atomic E-state index is 0.271. The highest BCUT2D eigenvalue weighted by Crippen LogP contribution is 2.43. The van der Waals surface area contributed by atoms with E-state index in [2.05, 4.69) is 56.3 Å². The third-order valence-electron chi connectivity index (χ3n) is 5.20. The molecule has 3 rings (SSSR count). The van der Waals surface area contributed by atoms with Crippen molar-refractivity contribution in [2.45, 2.75) is 45.6 Å². The molecule has 106 valence electrons. The third kappa shape index (κ3) is 2.35. The Morgan fingerprint density at radius 3 is 2.50 bits per heavy atom. The highest BCUT2D eigenvalue weighted by atomic mass is 16.5. The normalized spacial score (nSPS) is 22.0. The van der Waals surface area contributed by atoms with Crippen molar-refractivity contribution in [1.29, 1.82) is 0 Å². The van der Waals surface area contributed by atoms with Crippen LogP contribution in [0.5, 0.6) is 0 Å². The van der Waals surface area contributed by atoms with Gasteiger partial charge in [-0.2, -0.15) is 0 Å². The molecule has 1 unspecified atom stereocenters. The maximum absolute atomic E-state index is 6.27. The molecule has 0 saturated carbocycles. The average molecular weight is 268 g/mol. The zero-order chi connectivity index (χ0) is 14.0. The summed E-state index contributed by atoms with van der Waals surface area (Å²) in [6.07, 6.45) is 5.16. The van der Waals surface area contributed by atoms with Gasteiger partial charge >= 0.3 is 0 Å². The zero-order valence-electron chi connectivity index (χ0n) is 12.6. The fourth-order valence-electron chi connectivity index (χ4n) is 3.45. The molecule has 0 radical (unpaired) electrons. The summed E-state index contributed by atoms with van der Waals surface area (Å²) in [6.45, 7) is 5.50. The second-order valence-corrected chi connectivity index (χ2v) is 6.11. The summed E-state index contributed by atoms with van der Waals surface area (Å²) < 4.78 is 6.27. The van der Waals surface area contributed by atoms with E-state index in [9.17, 15) is 0 Å². The van der Waals surface area contributed by atoms with E-state index in [0.29, 0.717) is 5.41 Å². The lowest BCUT2D eigenvalue weighted by atomic mass is 9.76. The Hall–Kier alpha value is -1.34. The standard InChI is InChI=1S/C19H24O/c1-3-19(4-2)13-12-18(20-14-19)17-11-7-9-15-8-5-6-10-16(15)17/h5-11,18H,3-4,12-14H2,1-2H3. The molecule has 0 aromatic heterocycles. The Balaban J connectivity index is 1.87. The lowest BCUT2D eigenvalue weighted by Crippen LogP contribution is -2.32. The van der Waals surface area contributed by atoms with Crippen molar-refractivity contribution in [3.63, 3.8) is 0 Å². The number of hydrogen-bond donors (Lipinski definition) is 0. The second kappa shape index (κ2) is 5.57. The Morgan fingerprint density at radius 2 is 1.80 bits per heavy atom. The van der Waals surface area contributed by atoms with Crippen LogP contribution in [0.3, 0.4) is 0 Å². The number of ether oxygens (including phenoxy) is 1. The Labute approximate surface area is 122 Å². The summed E-state index contributed by atoms with van der Waals surface area (Å²) in [5, 5.41) is 2.66. The molecule has 0 amide bonds. The molecule has 1 saturated heterocycles. The van der Waals surface area contributed by atoms with Crippen molar-refractivity contribution in [2.24, 2.45) is 5.41 Å². The van der Waals surface area contributed by atoms with Gasteiger partial charge in [-0.25, -0.2) is 0 Å². The highest BCUT2D eigenvalue weighted by Gasteiger charge is 2.33. The fraction of sp³-hybridized carbons (Fsp3) is 0.474. The van der Waals surface area contributed by atoms with Crippen molar-refractivity contribution in [3.8, 4) is 0 Å². The van der Waals surface area contributed by atoms with Crippen molar-refractivity contribution < 1.29 is 4.74 Å². The largest absolute Gasteiger partial charge is 0.373 e. The summed E-state index contributed by atoms with van der Waals surface area (Å²) in [4.78, 5) is 0. The summed E-state index contributed by atoms with van der Waals surface area (Å²) in [5.74, 6) is 0. The van der Waals surface area contributed by atoms with Gasteiger partial charge < -0.3 is 4.74 Å². The van der Waals surface area contributed by atoms with E-state index in [4.69, 9.17) is 4.74 Å². The molecule has 0 N–H and O–H groups in total. The van der Waals surface area contributed by atoms with Gasteiger partial charge in [-0.15, -0.1) is 0 Å². The minimum Gasteiger partial charge on any atom is -0.373 e. The average Bonchev–Trinajstić information content (AvgIpc) is 2.54. The predicted molar refractivity (Wildman–Crippen MR) is 84.9 cm³/mol. The van der Waals surface area contributed by atoms with Crippen LogP contribution in [-0.4, -0.2) is 6.61 Å². The Kier molecular flexibility index (Phi) is 3.80. The molecular formula is C19H24O. The van der Waals surface area contributed by atoms with Crippen molar-refractivity contribution in [3.05, 3.63) is 48.0 Å². The van der Waals surface area contributed by atoms with Crippen molar-refractivity contribution in [2.75, 3.05) is 6.61 Å². The lowest BCUT2D eigenvalue weighted by molar-refractivity contribution is -0.0673. The summed E-state index contributed by atoms with van der Waals surface area (Å²) in [7, 11) is 0. The maximum Gasteiger partial charge on any atom is 0.0831 e. The predicted octanol–water partition coefficient (Wildman–Crippen LogP) is 5.50. The summed E-state index contributed by atoms with van der Waals surface area (Å²) >= 11 is 0. The van der Waals surface area contributed by atoms with Gasteiger partial charge in [0.1, 0.15) is 0 Å². The van der Waals surface area contributed by atoms with Crippen LogP contribution in [0.2, 0.25) is 0 Å². The summed E-state index contributed by atoms with van der Waals surface area (Å²) in [5.41, 5.74) is 1.78. The molecule has 1 heterocycles. The van der Waals surface area contributed by atoms with Gasteiger partial charge in [-0.05, 0) is 47.4 Å². The molecular weight excluding hydrogens is 244 g/mol. The van der Waals surface area contributed by atoms with Gasteiger partial charge in [0, 0.05) is 0 Å². The van der Waals surface area contributed by atoms with Gasteiger partial charge in [0.25, 0.3) is 0 Å². The third-order valence-corrected chi connectivity index (χ3v) is 5.20. The molecule has 1 fully saturated rings. The SMILES string of the molecule is CCC1(CC)CCC(c2cccc3ccccc23)OC1. The molecule has 1 aliphatic rings. The van der Waals surface area contributed by atoms with Crippen LogP contribution in [0.1, 0.15) is 51.2 Å². The van der Waals surface area contributed by atoms with Crippen LogP contribution in [0.25, 0.3) is 10.8 Å². The lowest BCUT2D eigenvalue weighted by Gasteiger charge is -2.39. The van der Waals surface area contributed by atoms with E-state index < -0.39 is 0 Å². The van der Waals surface area contributed by atoms with Gasteiger partial charge in [0.05, 0.1) is 12.7 Å². The van der Waals surface area contributed by atoms with Crippen LogP contribution < -0.4 is 0 Å². The molecule has 1 heteroatoms. The maximum atomic E-state index is 6.27. The van der Waals surface area contributed by atoms with Crippen LogP contribution in [0, 0.1) is 5.41 Å². The molecule has 1 atom stereocenters. The smallest absolute Gasteiger partial charge is 0.0831 e. The Bertz CT molecular complexity index is 568. The van der Waals surface area contributed by atoms with Crippen molar-refractivity contribution >= 4 is 10.8 Å². The monoisotopic (exact) mass is 268 g/mol. The minimum atomic E-state index is 0.271. The van der Waals surface area contributed by atoms with Crippen LogP contribution in [0.15, 0.2) is 42.5 Å². The number of benzene rings is 2. The molecule has 0 spiro atoms. The van der Waals surface area contributed by atoms with Gasteiger partial charge in [0.2, 0.25) is 0 Å². The zero-order valence-corrected chi connectivity index (χ0v) is 12.6. The topological polar surface area (TPSA) is 9.23 Å². The van der Waals surface area contributed by atoms with Crippen LogP contribution in [0.4, 0.5) is 0 Å². The van der Waals surface area contributed by atoms with Gasteiger partial charge in [-0.1, -0.05) is 56.3 Å². The van der Waals surface area contributed by atoms with Gasteiger partial charge in [-0.3, -0.25) is 0 Å². The van der Waals surface area contributed by atoms with Crippen molar-refractivity contribution in [1.82, 2.24) is 0 Å². The van der Waals surface area contributed by atoms with E-state index >= 15 is 0 Å². The van der Waals surface area contributed by atoms with E-state index in [1.54, 1.807) is 0 Å². The molecule has 1 aliphatic heterocycles. The first-order valence-electron chi connectivity index (χ1n) is 7.87. The Morgan fingerprint density at radius 1 is 1.05 bits per heavy atom. The second-order valence-electron chi connectivity index (χ2n) is 6.11. The molecule has 2 aromatic rings. The molecule has 2 aromatic carbocycles. The van der Waals surface area contributed by atoms with E-state index in [1.807, 2.05) is 0 Å². The number of hydrogen-bond acceptors (Lipinski definition) is 1. The van der Waals surface area contributed by atoms with Crippen LogP contribution in [-0.2, 0) is 4.74 Å². The van der Waals surface area contributed by atoms with E-state index in [1.165, 1.54) is 35.6 Å². The molecule has 1 nitrogen and oxygen atoms in total. The van der Waals surface area contributed by atoms with Crippen LogP contribution >= 0.6 is 0 Å². The first-order valence-corrected chi connectivity index (χ1v) is 7.87. The highest BCUT2D eigenvalue weighted by molar-refractivity contribution is 5.86. The first-order chi connectivity index (χ1) is 9.78. The quantitative estimate of drug-likeness (QED) is 0.714.